The van der Waals surface area contributed by atoms with Gasteiger partial charge in [0.2, 0.25) is 0 Å². The fraction of sp³-hybridized carbons (Fsp3) is 0.286. The number of hydrogen-bond donors (Lipinski definition) is 1. The monoisotopic (exact) mass is 392 g/mol. The molecule has 1 unspecified atom stereocenters. The normalized spacial score (nSPS) is 16.9. The van der Waals surface area contributed by atoms with E-state index in [1.165, 1.54) is 0 Å². The number of para-hydroxylation sites is 2. The van der Waals surface area contributed by atoms with Crippen molar-refractivity contribution >= 4 is 44.6 Å². The number of hydrogen-bond acceptors (Lipinski definition) is 6. The van der Waals surface area contributed by atoms with Gasteiger partial charge < -0.3 is 14.6 Å². The van der Waals surface area contributed by atoms with Crippen molar-refractivity contribution in [2.45, 2.75) is 25.8 Å². The largest absolute Gasteiger partial charge is 0.423 e. The minimum atomic E-state index is -0.0580. The van der Waals surface area contributed by atoms with Gasteiger partial charge in [-0.3, -0.25) is 4.79 Å². The average Bonchev–Trinajstić information content (AvgIpc) is 3.41. The number of benzene rings is 2. The zero-order valence-corrected chi connectivity index (χ0v) is 16.3. The topological polar surface area (TPSA) is 71.3 Å². The molecular weight excluding hydrogens is 372 g/mol. The van der Waals surface area contributed by atoms with Gasteiger partial charge >= 0.3 is 0 Å². The van der Waals surface area contributed by atoms with Crippen LogP contribution in [-0.2, 0) is 0 Å². The summed E-state index contributed by atoms with van der Waals surface area (Å²) in [6, 6.07) is 14.3. The summed E-state index contributed by atoms with van der Waals surface area (Å²) < 4.78 is 6.96. The third-order valence-electron chi connectivity index (χ3n) is 5.16. The van der Waals surface area contributed by atoms with E-state index in [1.54, 1.807) is 11.3 Å². The molecule has 5 rings (SSSR count). The zero-order chi connectivity index (χ0) is 19.1. The van der Waals surface area contributed by atoms with Crippen LogP contribution in [0.1, 0.15) is 28.2 Å². The number of nitrogens with one attached hydrogen (secondary N) is 1. The van der Waals surface area contributed by atoms with Crippen LogP contribution in [0.25, 0.3) is 21.3 Å². The number of carbonyl (C=O) groups is 1. The van der Waals surface area contributed by atoms with E-state index in [4.69, 9.17) is 4.42 Å². The first-order valence-corrected chi connectivity index (χ1v) is 10.3. The Balaban J connectivity index is 1.29. The number of amides is 1. The van der Waals surface area contributed by atoms with E-state index in [0.717, 1.165) is 45.7 Å². The van der Waals surface area contributed by atoms with E-state index in [1.807, 2.05) is 49.4 Å². The van der Waals surface area contributed by atoms with Gasteiger partial charge in [-0.2, -0.15) is 4.98 Å². The van der Waals surface area contributed by atoms with Crippen LogP contribution in [0.15, 0.2) is 46.9 Å². The van der Waals surface area contributed by atoms with E-state index in [2.05, 4.69) is 20.2 Å². The summed E-state index contributed by atoms with van der Waals surface area (Å²) in [5.41, 5.74) is 3.26. The van der Waals surface area contributed by atoms with E-state index in [0.29, 0.717) is 18.1 Å². The first kappa shape index (κ1) is 17.2. The SMILES string of the molecule is Cc1nc2ccc(C(=O)NCC3CCCN3c3nc4ccccc4o3)cc2s1. The molecule has 2 aromatic heterocycles. The molecule has 1 aliphatic rings. The highest BCUT2D eigenvalue weighted by molar-refractivity contribution is 7.18. The predicted octanol–water partition coefficient (Wildman–Crippen LogP) is 4.14. The van der Waals surface area contributed by atoms with Crippen LogP contribution in [0.3, 0.4) is 0 Å². The van der Waals surface area contributed by atoms with Crippen molar-refractivity contribution < 1.29 is 9.21 Å². The van der Waals surface area contributed by atoms with Gasteiger partial charge in [0, 0.05) is 18.7 Å². The molecule has 2 aromatic carbocycles. The third-order valence-corrected chi connectivity index (χ3v) is 6.09. The number of fused-ring (bicyclic) bond motifs is 2. The fourth-order valence-corrected chi connectivity index (χ4v) is 4.64. The number of anilines is 1. The number of oxazole rings is 1. The van der Waals surface area contributed by atoms with E-state index < -0.39 is 0 Å². The molecule has 0 radical (unpaired) electrons. The molecule has 1 saturated heterocycles. The van der Waals surface area contributed by atoms with Crippen molar-refractivity contribution in [2.24, 2.45) is 0 Å². The van der Waals surface area contributed by atoms with E-state index in [9.17, 15) is 4.79 Å². The van der Waals surface area contributed by atoms with Gasteiger partial charge in [0.05, 0.1) is 21.3 Å². The van der Waals surface area contributed by atoms with Crippen LogP contribution in [0, 0.1) is 6.92 Å². The third kappa shape index (κ3) is 3.11. The van der Waals surface area contributed by atoms with Crippen molar-refractivity contribution in [3.05, 3.63) is 53.0 Å². The van der Waals surface area contributed by atoms with Gasteiger partial charge in [-0.05, 0) is 50.1 Å². The molecule has 7 heteroatoms. The lowest BCUT2D eigenvalue weighted by atomic mass is 10.2. The Hall–Kier alpha value is -2.93. The average molecular weight is 392 g/mol. The maximum absolute atomic E-state index is 12.7. The van der Waals surface area contributed by atoms with E-state index >= 15 is 0 Å². The Bertz CT molecular complexity index is 1130. The smallest absolute Gasteiger partial charge is 0.298 e. The Labute approximate surface area is 166 Å². The highest BCUT2D eigenvalue weighted by Gasteiger charge is 2.28. The van der Waals surface area contributed by atoms with E-state index in [-0.39, 0.29) is 11.9 Å². The molecule has 0 saturated carbocycles. The minimum Gasteiger partial charge on any atom is -0.423 e. The highest BCUT2D eigenvalue weighted by atomic mass is 32.1. The lowest BCUT2D eigenvalue weighted by molar-refractivity contribution is 0.0951. The molecule has 0 bridgehead atoms. The van der Waals surface area contributed by atoms with Crippen LogP contribution in [0.4, 0.5) is 6.01 Å². The second-order valence-corrected chi connectivity index (χ2v) is 8.31. The first-order chi connectivity index (χ1) is 13.7. The molecule has 28 heavy (non-hydrogen) atoms. The van der Waals surface area contributed by atoms with Gasteiger partial charge in [0.25, 0.3) is 11.9 Å². The van der Waals surface area contributed by atoms with Crippen LogP contribution in [-0.4, -0.2) is 35.0 Å². The number of aryl methyl sites for hydroxylation is 1. The van der Waals surface area contributed by atoms with Gasteiger partial charge in [0.15, 0.2) is 5.58 Å². The van der Waals surface area contributed by atoms with Crippen molar-refractivity contribution in [2.75, 3.05) is 18.0 Å². The zero-order valence-electron chi connectivity index (χ0n) is 15.5. The fourth-order valence-electron chi connectivity index (χ4n) is 3.78. The molecule has 6 nitrogen and oxygen atoms in total. The number of nitrogens with zero attached hydrogens (tertiary/aromatic N) is 3. The van der Waals surface area contributed by atoms with Crippen LogP contribution < -0.4 is 10.2 Å². The summed E-state index contributed by atoms with van der Waals surface area (Å²) in [7, 11) is 0. The van der Waals surface area contributed by atoms with Crippen molar-refractivity contribution in [1.82, 2.24) is 15.3 Å². The number of rotatable bonds is 4. The first-order valence-electron chi connectivity index (χ1n) is 9.45. The van der Waals surface area contributed by atoms with Crippen molar-refractivity contribution in [3.63, 3.8) is 0 Å². The van der Waals surface area contributed by atoms with Gasteiger partial charge in [0.1, 0.15) is 5.52 Å². The Kier molecular flexibility index (Phi) is 4.24. The molecule has 1 amide bonds. The van der Waals surface area contributed by atoms with Crippen LogP contribution in [0.2, 0.25) is 0 Å². The second-order valence-electron chi connectivity index (χ2n) is 7.08. The summed E-state index contributed by atoms with van der Waals surface area (Å²) in [5.74, 6) is -0.0580. The maximum atomic E-state index is 12.7. The Morgan fingerprint density at radius 3 is 3.04 bits per heavy atom. The summed E-state index contributed by atoms with van der Waals surface area (Å²) in [4.78, 5) is 23.9. The molecular formula is C21H20N4O2S. The predicted molar refractivity (Wildman–Crippen MR) is 111 cm³/mol. The molecule has 1 N–H and O–H groups in total. The molecule has 0 aliphatic carbocycles. The summed E-state index contributed by atoms with van der Waals surface area (Å²) in [6.45, 7) is 3.43. The van der Waals surface area contributed by atoms with Crippen molar-refractivity contribution in [3.8, 4) is 0 Å². The van der Waals surface area contributed by atoms with Crippen LogP contribution in [0.5, 0.6) is 0 Å². The molecule has 4 aromatic rings. The number of thiazole rings is 1. The van der Waals surface area contributed by atoms with Gasteiger partial charge in [-0.25, -0.2) is 4.98 Å². The minimum absolute atomic E-state index is 0.0580. The quantitative estimate of drug-likeness (QED) is 0.565. The Morgan fingerprint density at radius 1 is 1.25 bits per heavy atom. The number of carbonyl (C=O) groups excluding carboxylic acids is 1. The molecule has 1 aliphatic heterocycles. The summed E-state index contributed by atoms with van der Waals surface area (Å²) in [5, 5.41) is 4.09. The lowest BCUT2D eigenvalue weighted by Crippen LogP contribution is -2.40. The highest BCUT2D eigenvalue weighted by Crippen LogP contribution is 2.28. The van der Waals surface area contributed by atoms with Crippen molar-refractivity contribution in [1.29, 1.82) is 0 Å². The lowest BCUT2D eigenvalue weighted by Gasteiger charge is -2.23. The van der Waals surface area contributed by atoms with Gasteiger partial charge in [-0.1, -0.05) is 12.1 Å². The standard InChI is InChI=1S/C21H20N4O2S/c1-13-23-17-9-8-14(11-19(17)28-13)20(26)22-12-15-5-4-10-25(15)21-24-16-6-2-3-7-18(16)27-21/h2-3,6-9,11,15H,4-5,10,12H2,1H3,(H,22,26). The molecule has 3 heterocycles. The van der Waals surface area contributed by atoms with Crippen LogP contribution >= 0.6 is 11.3 Å². The number of aromatic nitrogens is 2. The molecule has 1 atom stereocenters. The maximum Gasteiger partial charge on any atom is 0.298 e. The Morgan fingerprint density at radius 2 is 2.14 bits per heavy atom. The summed E-state index contributed by atoms with van der Waals surface area (Å²) in [6.07, 6.45) is 2.07. The van der Waals surface area contributed by atoms with Gasteiger partial charge in [-0.15, -0.1) is 11.3 Å². The molecule has 142 valence electrons. The molecule has 1 fully saturated rings. The molecule has 0 spiro atoms. The second kappa shape index (κ2) is 6.91. The summed E-state index contributed by atoms with van der Waals surface area (Å²) >= 11 is 1.61.